The Morgan fingerprint density at radius 1 is 1.33 bits per heavy atom. The first-order chi connectivity index (χ1) is 9.31. The molecule has 1 atom stereocenters. The van der Waals surface area contributed by atoms with Crippen molar-refractivity contribution in [3.63, 3.8) is 0 Å². The van der Waals surface area contributed by atoms with E-state index in [4.69, 9.17) is 10.8 Å². The number of aryl methyl sites for hydroxylation is 2. The molecule has 0 radical (unpaired) electrons. The van der Waals surface area contributed by atoms with Gasteiger partial charge < -0.3 is 15.8 Å². The van der Waals surface area contributed by atoms with E-state index in [1.54, 1.807) is 12.1 Å². The summed E-state index contributed by atoms with van der Waals surface area (Å²) >= 11 is 0. The smallest absolute Gasteiger partial charge is 0.322 e. The van der Waals surface area contributed by atoms with Crippen molar-refractivity contribution in [3.8, 4) is 0 Å². The number of H-pyrrole nitrogens is 1. The first-order valence-electron chi connectivity index (χ1n) is 6.03. The number of fused-ring (bicyclic) bond motifs is 1. The maximum absolute atomic E-state index is 11.9. The van der Waals surface area contributed by atoms with Crippen LogP contribution in [0.2, 0.25) is 0 Å². The highest BCUT2D eigenvalue weighted by molar-refractivity contribution is 5.85. The van der Waals surface area contributed by atoms with E-state index in [2.05, 4.69) is 4.98 Å². The summed E-state index contributed by atoms with van der Waals surface area (Å²) in [6.45, 7) is 3.49. The predicted octanol–water partition coefficient (Wildman–Crippen LogP) is 0.140. The topological polar surface area (TPSA) is 118 Å². The van der Waals surface area contributed by atoms with Crippen molar-refractivity contribution >= 4 is 29.4 Å². The van der Waals surface area contributed by atoms with Gasteiger partial charge >= 0.3 is 17.1 Å². The lowest BCUT2D eigenvalue weighted by atomic mass is 10.1. The monoisotopic (exact) mass is 313 g/mol. The second-order valence-corrected chi connectivity index (χ2v) is 4.77. The van der Waals surface area contributed by atoms with Gasteiger partial charge in [-0.15, -0.1) is 12.4 Å². The number of hydrogen-bond acceptors (Lipinski definition) is 4. The van der Waals surface area contributed by atoms with Gasteiger partial charge in [0.05, 0.1) is 17.6 Å². The number of hydrogen-bond donors (Lipinski definition) is 3. The van der Waals surface area contributed by atoms with E-state index < -0.39 is 23.1 Å². The molecule has 1 aromatic carbocycles. The Morgan fingerprint density at radius 3 is 2.48 bits per heavy atom. The van der Waals surface area contributed by atoms with Crippen LogP contribution in [0, 0.1) is 13.8 Å². The standard InChI is InChI=1S/C13H15N3O4.ClH/c1-6-3-9-10(4-7(6)2)16(5-8(14)13(19)20)12(18)11(17)15-9;/h3-4,8H,5,14H2,1-2H3,(H,15,17)(H,19,20);1H/t8-;/m1./s1. The summed E-state index contributed by atoms with van der Waals surface area (Å²) in [5.74, 6) is -1.23. The summed E-state index contributed by atoms with van der Waals surface area (Å²) < 4.78 is 1.11. The fraction of sp³-hybridized carbons (Fsp3) is 0.308. The van der Waals surface area contributed by atoms with Crippen molar-refractivity contribution in [2.45, 2.75) is 26.4 Å². The van der Waals surface area contributed by atoms with Crippen molar-refractivity contribution in [2.75, 3.05) is 0 Å². The molecule has 0 saturated carbocycles. The number of carbonyl (C=O) groups is 1. The molecule has 0 aliphatic carbocycles. The van der Waals surface area contributed by atoms with Crippen LogP contribution in [-0.4, -0.2) is 26.7 Å². The highest BCUT2D eigenvalue weighted by atomic mass is 35.5. The maximum Gasteiger partial charge on any atom is 0.322 e. The van der Waals surface area contributed by atoms with Gasteiger partial charge in [0.1, 0.15) is 6.04 Å². The SMILES string of the molecule is Cc1cc2[nH]c(=O)c(=O)n(C[C@@H](N)C(=O)O)c2cc1C.Cl. The third-order valence-corrected chi connectivity index (χ3v) is 3.29. The van der Waals surface area contributed by atoms with Crippen LogP contribution in [0.1, 0.15) is 11.1 Å². The third-order valence-electron chi connectivity index (χ3n) is 3.29. The van der Waals surface area contributed by atoms with Crippen molar-refractivity contribution in [2.24, 2.45) is 5.73 Å². The van der Waals surface area contributed by atoms with Crippen molar-refractivity contribution in [1.29, 1.82) is 0 Å². The Morgan fingerprint density at radius 2 is 1.90 bits per heavy atom. The molecule has 0 saturated heterocycles. The largest absolute Gasteiger partial charge is 0.480 e. The quantitative estimate of drug-likeness (QED) is 0.697. The first-order valence-corrected chi connectivity index (χ1v) is 6.03. The predicted molar refractivity (Wildman–Crippen MR) is 81.2 cm³/mol. The highest BCUT2D eigenvalue weighted by Crippen LogP contribution is 2.15. The Balaban J connectivity index is 0.00000220. The normalized spacial score (nSPS) is 12.0. The summed E-state index contributed by atoms with van der Waals surface area (Å²) in [5, 5.41) is 8.85. The number of aliphatic carboxylic acids is 1. The zero-order valence-corrected chi connectivity index (χ0v) is 12.4. The molecule has 0 aliphatic rings. The highest BCUT2D eigenvalue weighted by Gasteiger charge is 2.16. The fourth-order valence-corrected chi connectivity index (χ4v) is 1.99. The van der Waals surface area contributed by atoms with Gasteiger partial charge in [-0.2, -0.15) is 0 Å². The number of carboxylic acid groups (broad SMARTS) is 1. The summed E-state index contributed by atoms with van der Waals surface area (Å²) in [4.78, 5) is 36.9. The van der Waals surface area contributed by atoms with E-state index in [0.29, 0.717) is 11.0 Å². The van der Waals surface area contributed by atoms with E-state index in [9.17, 15) is 14.4 Å². The molecule has 4 N–H and O–H groups in total. The number of nitrogens with zero attached hydrogens (tertiary/aromatic N) is 1. The van der Waals surface area contributed by atoms with Crippen molar-refractivity contribution < 1.29 is 9.90 Å². The van der Waals surface area contributed by atoms with E-state index in [-0.39, 0.29) is 19.0 Å². The van der Waals surface area contributed by atoms with Gasteiger partial charge in [0.2, 0.25) is 0 Å². The minimum Gasteiger partial charge on any atom is -0.480 e. The van der Waals surface area contributed by atoms with Crippen LogP contribution in [0.3, 0.4) is 0 Å². The number of aromatic amines is 1. The van der Waals surface area contributed by atoms with E-state index in [1.807, 2.05) is 13.8 Å². The number of nitrogens with one attached hydrogen (secondary N) is 1. The second-order valence-electron chi connectivity index (χ2n) is 4.77. The summed E-state index contributed by atoms with van der Waals surface area (Å²) in [6, 6.07) is 2.23. The maximum atomic E-state index is 11.9. The molecule has 0 aliphatic heterocycles. The molecule has 0 bridgehead atoms. The lowest BCUT2D eigenvalue weighted by Crippen LogP contribution is -2.43. The molecule has 7 nitrogen and oxygen atoms in total. The number of nitrogens with two attached hydrogens (primary N) is 1. The average Bonchev–Trinajstić information content (AvgIpc) is 2.37. The van der Waals surface area contributed by atoms with Crippen LogP contribution in [0.5, 0.6) is 0 Å². The molecular weight excluding hydrogens is 298 g/mol. The lowest BCUT2D eigenvalue weighted by Gasteiger charge is -2.13. The Hall–Kier alpha value is -2.12. The minimum absolute atomic E-state index is 0. The second kappa shape index (κ2) is 6.11. The van der Waals surface area contributed by atoms with Gasteiger partial charge in [-0.25, -0.2) is 0 Å². The van der Waals surface area contributed by atoms with Crippen LogP contribution in [0.25, 0.3) is 11.0 Å². The summed E-state index contributed by atoms with van der Waals surface area (Å²) in [5.41, 5.74) is 6.69. The molecule has 0 fully saturated rings. The van der Waals surface area contributed by atoms with Crippen molar-refractivity contribution in [3.05, 3.63) is 44.0 Å². The zero-order chi connectivity index (χ0) is 15.0. The molecule has 0 unspecified atom stereocenters. The molecule has 0 spiro atoms. The Bertz CT molecular complexity index is 809. The molecule has 2 aromatic rings. The average molecular weight is 314 g/mol. The van der Waals surface area contributed by atoms with Crippen LogP contribution in [0.4, 0.5) is 0 Å². The summed E-state index contributed by atoms with van der Waals surface area (Å²) in [6.07, 6.45) is 0. The molecule has 2 rings (SSSR count). The van der Waals surface area contributed by atoms with E-state index in [0.717, 1.165) is 15.7 Å². The van der Waals surface area contributed by atoms with Gasteiger partial charge in [0.15, 0.2) is 0 Å². The number of aromatic nitrogens is 2. The lowest BCUT2D eigenvalue weighted by molar-refractivity contribution is -0.138. The van der Waals surface area contributed by atoms with E-state index >= 15 is 0 Å². The summed E-state index contributed by atoms with van der Waals surface area (Å²) in [7, 11) is 0. The Labute approximate surface area is 125 Å². The van der Waals surface area contributed by atoms with Crippen LogP contribution >= 0.6 is 12.4 Å². The third kappa shape index (κ3) is 3.14. The van der Waals surface area contributed by atoms with Crippen LogP contribution in [0.15, 0.2) is 21.7 Å². The molecule has 0 amide bonds. The van der Waals surface area contributed by atoms with Gasteiger partial charge in [-0.3, -0.25) is 19.0 Å². The molecule has 1 aromatic heterocycles. The van der Waals surface area contributed by atoms with E-state index in [1.165, 1.54) is 0 Å². The van der Waals surface area contributed by atoms with Crippen LogP contribution in [-0.2, 0) is 11.3 Å². The molecule has 114 valence electrons. The van der Waals surface area contributed by atoms with Crippen LogP contribution < -0.4 is 16.9 Å². The number of rotatable bonds is 3. The minimum atomic E-state index is -1.25. The molecular formula is C13H16ClN3O4. The number of benzene rings is 1. The van der Waals surface area contributed by atoms with Gasteiger partial charge in [0, 0.05) is 0 Å². The first kappa shape index (κ1) is 16.9. The molecule has 8 heteroatoms. The number of halogens is 1. The number of carboxylic acids is 1. The Kier molecular flexibility index (Phi) is 4.93. The van der Waals surface area contributed by atoms with Crippen molar-refractivity contribution in [1.82, 2.24) is 9.55 Å². The zero-order valence-electron chi connectivity index (χ0n) is 11.5. The molecule has 21 heavy (non-hydrogen) atoms. The van der Waals surface area contributed by atoms with Gasteiger partial charge in [-0.1, -0.05) is 0 Å². The van der Waals surface area contributed by atoms with Gasteiger partial charge in [-0.05, 0) is 37.1 Å². The molecule has 1 heterocycles. The fourth-order valence-electron chi connectivity index (χ4n) is 1.99. The van der Waals surface area contributed by atoms with Gasteiger partial charge in [0.25, 0.3) is 0 Å².